The van der Waals surface area contributed by atoms with E-state index < -0.39 is 5.41 Å². The second kappa shape index (κ2) is 8.71. The molecule has 9 heteroatoms. The molecule has 0 N–H and O–H groups in total. The number of amides is 1. The summed E-state index contributed by atoms with van der Waals surface area (Å²) < 4.78 is 22.4. The van der Waals surface area contributed by atoms with E-state index >= 15 is 0 Å². The predicted molar refractivity (Wildman–Crippen MR) is 139 cm³/mol. The Morgan fingerprint density at radius 3 is 2.57 bits per heavy atom. The first kappa shape index (κ1) is 23.7. The molecule has 2 aromatic carbocycles. The van der Waals surface area contributed by atoms with Crippen molar-refractivity contribution >= 4 is 34.8 Å². The van der Waals surface area contributed by atoms with E-state index in [1.165, 1.54) is 0 Å². The first-order valence-corrected chi connectivity index (χ1v) is 12.4. The molecule has 188 valence electrons. The molecule has 0 radical (unpaired) electrons. The summed E-state index contributed by atoms with van der Waals surface area (Å²) in [4.78, 5) is 16.0. The third-order valence-electron chi connectivity index (χ3n) is 7.20. The Bertz CT molecular complexity index is 1520. The van der Waals surface area contributed by atoms with Crippen LogP contribution in [0.5, 0.6) is 0 Å². The molecular weight excluding hydrogens is 515 g/mol. The third-order valence-corrected chi connectivity index (χ3v) is 7.83. The van der Waals surface area contributed by atoms with Crippen molar-refractivity contribution in [2.24, 2.45) is 0 Å². The highest BCUT2D eigenvalue weighted by molar-refractivity contribution is 6.39. The van der Waals surface area contributed by atoms with Crippen molar-refractivity contribution < 1.29 is 23.5 Å². The highest BCUT2D eigenvalue weighted by atomic mass is 35.5. The number of para-hydroxylation sites is 1. The molecule has 1 saturated heterocycles. The van der Waals surface area contributed by atoms with Crippen LogP contribution in [-0.2, 0) is 31.0 Å². The first-order valence-electron chi connectivity index (χ1n) is 11.6. The van der Waals surface area contributed by atoms with Crippen molar-refractivity contribution in [2.75, 3.05) is 18.3 Å². The van der Waals surface area contributed by atoms with Crippen LogP contribution in [0.2, 0.25) is 10.0 Å². The Morgan fingerprint density at radius 1 is 1.08 bits per heavy atom. The molecular formula is C28H22Cl2N2O5. The lowest BCUT2D eigenvalue weighted by Gasteiger charge is -2.24. The lowest BCUT2D eigenvalue weighted by Crippen LogP contribution is -2.42. The van der Waals surface area contributed by atoms with Gasteiger partial charge in [0.1, 0.15) is 29.2 Å². The van der Waals surface area contributed by atoms with E-state index in [-0.39, 0.29) is 25.9 Å². The minimum Gasteiger partial charge on any atom is -0.492 e. The van der Waals surface area contributed by atoms with Gasteiger partial charge in [-0.05, 0) is 43.2 Å². The number of ether oxygens (including phenoxy) is 3. The summed E-state index contributed by atoms with van der Waals surface area (Å²) in [6.45, 7) is 8.07. The van der Waals surface area contributed by atoms with Crippen LogP contribution >= 0.6 is 23.2 Å². The minimum absolute atomic E-state index is 0.0983. The minimum atomic E-state index is -0.975. The van der Waals surface area contributed by atoms with E-state index in [9.17, 15) is 4.79 Å². The van der Waals surface area contributed by atoms with Gasteiger partial charge in [0.25, 0.3) is 0 Å². The van der Waals surface area contributed by atoms with Gasteiger partial charge in [0.15, 0.2) is 11.5 Å². The summed E-state index contributed by atoms with van der Waals surface area (Å²) in [6.07, 6.45) is 1.74. The second-order valence-corrected chi connectivity index (χ2v) is 9.91. The Morgan fingerprint density at radius 2 is 1.84 bits per heavy atom. The molecule has 6 rings (SSSR count). The standard InChI is InChI=1S/C28H22Cl2N2O5/c1-15-23(11-24-17(3)35-14-36-24)34-13-28(15)19-7-4-5-10-22(19)32(27(28)33)12-18-16(2)37-31-26(18)25-20(29)8-6-9-21(25)30/h4-11H,3,12-14H2,1-2H3. The van der Waals surface area contributed by atoms with E-state index in [0.717, 1.165) is 22.4 Å². The number of carbonyl (C=O) groups excluding carboxylic acids is 1. The van der Waals surface area contributed by atoms with Crippen molar-refractivity contribution in [3.63, 3.8) is 0 Å². The molecule has 3 aromatic rings. The molecule has 3 aliphatic rings. The molecule has 3 aliphatic heterocycles. The van der Waals surface area contributed by atoms with Crippen molar-refractivity contribution in [3.8, 4) is 11.3 Å². The average molecular weight is 537 g/mol. The molecule has 7 nitrogen and oxygen atoms in total. The fourth-order valence-corrected chi connectivity index (χ4v) is 5.74. The maximum Gasteiger partial charge on any atom is 0.245 e. The van der Waals surface area contributed by atoms with Crippen molar-refractivity contribution in [3.05, 3.63) is 105 Å². The smallest absolute Gasteiger partial charge is 0.245 e. The number of halogens is 2. The molecule has 37 heavy (non-hydrogen) atoms. The zero-order chi connectivity index (χ0) is 25.9. The van der Waals surface area contributed by atoms with Gasteiger partial charge in [-0.3, -0.25) is 4.79 Å². The fraction of sp³-hybridized carbons (Fsp3) is 0.214. The van der Waals surface area contributed by atoms with Crippen LogP contribution in [-0.4, -0.2) is 24.5 Å². The van der Waals surface area contributed by atoms with Gasteiger partial charge in [-0.2, -0.15) is 0 Å². The van der Waals surface area contributed by atoms with Crippen LogP contribution in [0.15, 0.2) is 82.5 Å². The van der Waals surface area contributed by atoms with E-state index in [2.05, 4.69) is 11.7 Å². The number of carbonyl (C=O) groups is 1. The number of fused-ring (bicyclic) bond motifs is 2. The molecule has 0 saturated carbocycles. The predicted octanol–water partition coefficient (Wildman–Crippen LogP) is 6.45. The Balaban J connectivity index is 1.44. The van der Waals surface area contributed by atoms with E-state index in [0.29, 0.717) is 44.3 Å². The topological polar surface area (TPSA) is 74.0 Å². The maximum atomic E-state index is 14.3. The number of allylic oxidation sites excluding steroid dienone is 1. The van der Waals surface area contributed by atoms with Crippen LogP contribution < -0.4 is 4.90 Å². The largest absolute Gasteiger partial charge is 0.492 e. The van der Waals surface area contributed by atoms with Crippen molar-refractivity contribution in [1.29, 1.82) is 0 Å². The number of benzene rings is 2. The Labute approximate surface area is 223 Å². The van der Waals surface area contributed by atoms with Gasteiger partial charge in [-0.25, -0.2) is 0 Å². The number of hydrogen-bond donors (Lipinski definition) is 0. The average Bonchev–Trinajstić information content (AvgIpc) is 3.60. The number of rotatable bonds is 4. The van der Waals surface area contributed by atoms with Crippen LogP contribution in [0, 0.1) is 6.92 Å². The number of anilines is 1. The quantitative estimate of drug-likeness (QED) is 0.381. The summed E-state index contributed by atoms with van der Waals surface area (Å²) >= 11 is 13.0. The normalized spacial score (nSPS) is 21.6. The number of aromatic nitrogens is 1. The van der Waals surface area contributed by atoms with E-state index in [4.69, 9.17) is 41.9 Å². The second-order valence-electron chi connectivity index (χ2n) is 9.09. The van der Waals surface area contributed by atoms with Gasteiger partial charge in [-0.1, -0.05) is 59.2 Å². The molecule has 0 aliphatic carbocycles. The van der Waals surface area contributed by atoms with Gasteiger partial charge in [0.2, 0.25) is 12.7 Å². The molecule has 1 fully saturated rings. The Kier molecular flexibility index (Phi) is 5.58. The molecule has 1 aromatic heterocycles. The van der Waals surface area contributed by atoms with Gasteiger partial charge in [0, 0.05) is 22.9 Å². The van der Waals surface area contributed by atoms with Crippen LogP contribution in [0.3, 0.4) is 0 Å². The zero-order valence-corrected chi connectivity index (χ0v) is 21.7. The molecule has 0 bridgehead atoms. The van der Waals surface area contributed by atoms with Gasteiger partial charge in [0.05, 0.1) is 16.6 Å². The van der Waals surface area contributed by atoms with Crippen LogP contribution in [0.1, 0.15) is 23.8 Å². The highest BCUT2D eigenvalue weighted by Gasteiger charge is 2.56. The third kappa shape index (κ3) is 3.49. The lowest BCUT2D eigenvalue weighted by molar-refractivity contribution is -0.122. The molecule has 1 spiro atoms. The van der Waals surface area contributed by atoms with Gasteiger partial charge >= 0.3 is 0 Å². The molecule has 1 atom stereocenters. The summed E-state index contributed by atoms with van der Waals surface area (Å²) in [5, 5.41) is 5.16. The number of aryl methyl sites for hydroxylation is 1. The molecule has 1 unspecified atom stereocenters. The van der Waals surface area contributed by atoms with Gasteiger partial charge in [-0.15, -0.1) is 0 Å². The Hall–Kier alpha value is -3.68. The summed E-state index contributed by atoms with van der Waals surface area (Å²) in [6, 6.07) is 13.0. The summed E-state index contributed by atoms with van der Waals surface area (Å²) in [5.74, 6) is 1.96. The summed E-state index contributed by atoms with van der Waals surface area (Å²) in [7, 11) is 0. The fourth-order valence-electron chi connectivity index (χ4n) is 5.16. The van der Waals surface area contributed by atoms with Crippen molar-refractivity contribution in [1.82, 2.24) is 5.16 Å². The lowest BCUT2D eigenvalue weighted by atomic mass is 9.77. The molecule has 4 heterocycles. The van der Waals surface area contributed by atoms with E-state index in [1.54, 1.807) is 29.2 Å². The first-order chi connectivity index (χ1) is 17.8. The van der Waals surface area contributed by atoms with E-state index in [1.807, 2.05) is 38.1 Å². The monoisotopic (exact) mass is 536 g/mol. The van der Waals surface area contributed by atoms with Crippen LogP contribution in [0.25, 0.3) is 11.3 Å². The highest BCUT2D eigenvalue weighted by Crippen LogP contribution is 2.51. The van der Waals surface area contributed by atoms with Crippen molar-refractivity contribution in [2.45, 2.75) is 25.8 Å². The summed E-state index contributed by atoms with van der Waals surface area (Å²) in [5.41, 5.74) is 3.30. The number of hydrogen-bond acceptors (Lipinski definition) is 6. The number of nitrogens with zero attached hydrogens (tertiary/aromatic N) is 2. The molecule has 1 amide bonds. The van der Waals surface area contributed by atoms with Crippen LogP contribution in [0.4, 0.5) is 5.69 Å². The van der Waals surface area contributed by atoms with Gasteiger partial charge < -0.3 is 23.6 Å². The maximum absolute atomic E-state index is 14.3. The zero-order valence-electron chi connectivity index (χ0n) is 20.1. The SMILES string of the molecule is C=C1OCOC1=CC1=C(C)C2(CO1)C(=O)N(Cc1c(-c3c(Cl)cccc3Cl)noc1C)c1ccccc12.